The normalized spacial score (nSPS) is 11.4. The number of anilines is 4. The van der Waals surface area contributed by atoms with Crippen molar-refractivity contribution in [1.29, 1.82) is 5.41 Å². The van der Waals surface area contributed by atoms with E-state index in [9.17, 15) is 5.41 Å². The van der Waals surface area contributed by atoms with Gasteiger partial charge in [-0.2, -0.15) is 0 Å². The molecule has 0 bridgehead atoms. The summed E-state index contributed by atoms with van der Waals surface area (Å²) in [6.45, 7) is 0. The number of nitrogens with zero attached hydrogens (tertiary/aromatic N) is 2. The maximum atomic E-state index is 9.35. The number of para-hydroxylation sites is 2. The molecule has 0 amide bonds. The molecule has 0 heterocycles. The summed E-state index contributed by atoms with van der Waals surface area (Å²) in [5.74, 6) is 0.750. The minimum atomic E-state index is 0.165. The van der Waals surface area contributed by atoms with Crippen LogP contribution in [0.3, 0.4) is 0 Å². The molecule has 0 saturated carbocycles. The molecule has 74 heavy (non-hydrogen) atoms. The van der Waals surface area contributed by atoms with Crippen molar-refractivity contribution in [3.05, 3.63) is 302 Å². The minimum Gasteiger partial charge on any atom is -0.340 e. The molecule has 0 unspecified atom stereocenters. The molecule has 0 fully saturated rings. The van der Waals surface area contributed by atoms with Crippen LogP contribution in [0.15, 0.2) is 296 Å². The quantitative estimate of drug-likeness (QED) is 0.100. The largest absolute Gasteiger partial charge is 0.340 e. The first-order valence-corrected chi connectivity index (χ1v) is 25.0. The van der Waals surface area contributed by atoms with E-state index in [4.69, 9.17) is 4.99 Å². The summed E-state index contributed by atoms with van der Waals surface area (Å²) in [7, 11) is 0. The van der Waals surface area contributed by atoms with Crippen LogP contribution >= 0.6 is 0 Å². The standard InChI is InChI=1S/C70H50N4/c71-69(55-37-33-51(34-38-55)63-31-15-19-49-17-7-9-25-61(49)63)73-70(56-39-35-52(36-40-56)64-32-16-20-50-18-8-10-26-62(50)64)72-57-45-41-53(42-46-57)65-27-11-13-29-67(65)68-30-14-12-28-66(68)54-43-47-60(48-44-54)74(58-21-3-1-4-22-58)59-23-5-2-6-24-59/h1-48H,(H2,71,72,73). The molecule has 12 rings (SSSR count). The first-order chi connectivity index (χ1) is 36.6. The molecule has 0 aliphatic carbocycles. The van der Waals surface area contributed by atoms with E-state index in [0.29, 0.717) is 5.84 Å². The van der Waals surface area contributed by atoms with E-state index in [1.54, 1.807) is 0 Å². The van der Waals surface area contributed by atoms with Gasteiger partial charge >= 0.3 is 0 Å². The van der Waals surface area contributed by atoms with Crippen molar-refractivity contribution in [2.24, 2.45) is 4.99 Å². The number of aliphatic imine (C=N–C) groups is 1. The average Bonchev–Trinajstić information content (AvgIpc) is 3.48. The second kappa shape index (κ2) is 20.4. The number of hydrogen-bond acceptors (Lipinski definition) is 2. The lowest BCUT2D eigenvalue weighted by atomic mass is 9.89. The van der Waals surface area contributed by atoms with Gasteiger partial charge in [0.25, 0.3) is 0 Å². The van der Waals surface area contributed by atoms with Gasteiger partial charge in [0.15, 0.2) is 5.84 Å². The van der Waals surface area contributed by atoms with Crippen molar-refractivity contribution in [2.45, 2.75) is 0 Å². The lowest BCUT2D eigenvalue weighted by Gasteiger charge is -2.25. The summed E-state index contributed by atoms with van der Waals surface area (Å²) in [6.07, 6.45) is 0. The van der Waals surface area contributed by atoms with E-state index in [2.05, 4.69) is 289 Å². The number of hydrogen-bond donors (Lipinski definition) is 2. The van der Waals surface area contributed by atoms with Crippen LogP contribution in [0.5, 0.6) is 0 Å². The number of amidine groups is 2. The van der Waals surface area contributed by atoms with Crippen LogP contribution < -0.4 is 10.2 Å². The van der Waals surface area contributed by atoms with Gasteiger partial charge < -0.3 is 10.2 Å². The molecule has 0 spiro atoms. The van der Waals surface area contributed by atoms with Gasteiger partial charge in [0.2, 0.25) is 0 Å². The maximum absolute atomic E-state index is 9.35. The Morgan fingerprint density at radius 3 is 1.15 bits per heavy atom. The summed E-state index contributed by atoms with van der Waals surface area (Å²) in [5.41, 5.74) is 17.1. The van der Waals surface area contributed by atoms with Gasteiger partial charge in [-0.15, -0.1) is 0 Å². The predicted octanol–water partition coefficient (Wildman–Crippen LogP) is 18.7. The molecule has 0 aromatic heterocycles. The summed E-state index contributed by atoms with van der Waals surface area (Å²) >= 11 is 0. The summed E-state index contributed by atoms with van der Waals surface area (Å²) in [4.78, 5) is 7.31. The van der Waals surface area contributed by atoms with E-state index in [1.165, 1.54) is 27.1 Å². The van der Waals surface area contributed by atoms with Crippen LogP contribution in [0.25, 0.3) is 77.2 Å². The molecule has 4 nitrogen and oxygen atoms in total. The maximum Gasteiger partial charge on any atom is 0.154 e. The zero-order chi connectivity index (χ0) is 49.6. The van der Waals surface area contributed by atoms with Gasteiger partial charge in [0.1, 0.15) is 5.84 Å². The Hall–Kier alpha value is -9.90. The fourth-order valence-corrected chi connectivity index (χ4v) is 10.1. The van der Waals surface area contributed by atoms with Crippen LogP contribution in [0.4, 0.5) is 22.7 Å². The fraction of sp³-hybridized carbons (Fsp3) is 0. The third kappa shape index (κ3) is 9.27. The topological polar surface area (TPSA) is 51.5 Å². The van der Waals surface area contributed by atoms with Crippen molar-refractivity contribution < 1.29 is 0 Å². The molecular formula is C70H50N4. The van der Waals surface area contributed by atoms with E-state index in [-0.39, 0.29) is 5.84 Å². The van der Waals surface area contributed by atoms with Crippen LogP contribution in [0.1, 0.15) is 11.1 Å². The van der Waals surface area contributed by atoms with Gasteiger partial charge in [-0.1, -0.05) is 243 Å². The van der Waals surface area contributed by atoms with Gasteiger partial charge in [-0.3, -0.25) is 5.41 Å². The van der Waals surface area contributed by atoms with Gasteiger partial charge in [-0.25, -0.2) is 4.99 Å². The Kier molecular flexibility index (Phi) is 12.5. The van der Waals surface area contributed by atoms with E-state index in [1.807, 2.05) is 12.1 Å². The van der Waals surface area contributed by atoms with E-state index in [0.717, 1.165) is 83.9 Å². The Morgan fingerprint density at radius 2 is 0.649 bits per heavy atom. The Morgan fingerprint density at radius 1 is 0.297 bits per heavy atom. The molecule has 0 radical (unpaired) electrons. The monoisotopic (exact) mass is 946 g/mol. The zero-order valence-corrected chi connectivity index (χ0v) is 40.6. The Bertz CT molecular complexity index is 3910. The smallest absolute Gasteiger partial charge is 0.154 e. The van der Waals surface area contributed by atoms with Gasteiger partial charge in [0, 0.05) is 33.9 Å². The highest BCUT2D eigenvalue weighted by atomic mass is 15.1. The molecule has 350 valence electrons. The number of rotatable bonds is 11. The van der Waals surface area contributed by atoms with Crippen molar-refractivity contribution in [3.63, 3.8) is 0 Å². The Balaban J connectivity index is 0.849. The lowest BCUT2D eigenvalue weighted by molar-refractivity contribution is 1.28. The summed E-state index contributed by atoms with van der Waals surface area (Å²) in [5, 5.41) is 17.8. The van der Waals surface area contributed by atoms with Gasteiger partial charge in [0.05, 0.1) is 0 Å². The van der Waals surface area contributed by atoms with Crippen LogP contribution in [0, 0.1) is 5.41 Å². The van der Waals surface area contributed by atoms with Crippen molar-refractivity contribution in [1.82, 2.24) is 0 Å². The highest BCUT2D eigenvalue weighted by molar-refractivity contribution is 6.16. The first-order valence-electron chi connectivity index (χ1n) is 25.0. The molecule has 12 aromatic carbocycles. The van der Waals surface area contributed by atoms with E-state index >= 15 is 0 Å². The third-order valence-electron chi connectivity index (χ3n) is 13.8. The first kappa shape index (κ1) is 45.3. The predicted molar refractivity (Wildman–Crippen MR) is 313 cm³/mol. The average molecular weight is 947 g/mol. The van der Waals surface area contributed by atoms with Crippen LogP contribution in [-0.4, -0.2) is 11.7 Å². The van der Waals surface area contributed by atoms with Crippen LogP contribution in [-0.2, 0) is 0 Å². The second-order valence-corrected chi connectivity index (χ2v) is 18.4. The summed E-state index contributed by atoms with van der Waals surface area (Å²) in [6, 6.07) is 102. The molecule has 0 aliphatic heterocycles. The highest BCUT2D eigenvalue weighted by Crippen LogP contribution is 2.41. The molecular weight excluding hydrogens is 897 g/mol. The second-order valence-electron chi connectivity index (χ2n) is 18.4. The van der Waals surface area contributed by atoms with E-state index < -0.39 is 0 Å². The van der Waals surface area contributed by atoms with Gasteiger partial charge in [-0.05, 0) is 126 Å². The number of fused-ring (bicyclic) bond motifs is 2. The zero-order valence-electron chi connectivity index (χ0n) is 40.6. The molecule has 12 aromatic rings. The van der Waals surface area contributed by atoms with Crippen molar-refractivity contribution in [2.75, 3.05) is 10.2 Å². The molecule has 2 N–H and O–H groups in total. The number of nitrogens with one attached hydrogen (secondary N) is 2. The molecule has 0 atom stereocenters. The summed E-state index contributed by atoms with van der Waals surface area (Å²) < 4.78 is 0. The number of benzene rings is 12. The highest BCUT2D eigenvalue weighted by Gasteiger charge is 2.17. The van der Waals surface area contributed by atoms with Crippen molar-refractivity contribution in [3.8, 4) is 55.6 Å². The third-order valence-corrected chi connectivity index (χ3v) is 13.8. The molecule has 4 heteroatoms. The molecule has 0 aliphatic rings. The van der Waals surface area contributed by atoms with Crippen molar-refractivity contribution >= 4 is 56.0 Å². The SMILES string of the molecule is N=C(N=C(Nc1ccc(-c2ccccc2-c2ccccc2-c2ccc(N(c3ccccc3)c3ccccc3)cc2)cc1)c1ccc(-c2cccc3ccccc23)cc1)c1ccc(-c2cccc3ccccc23)cc1. The lowest BCUT2D eigenvalue weighted by Crippen LogP contribution is -2.16. The minimum absolute atomic E-state index is 0.165. The molecule has 0 saturated heterocycles. The fourth-order valence-electron chi connectivity index (χ4n) is 10.1. The Labute approximate surface area is 432 Å². The van der Waals surface area contributed by atoms with Crippen LogP contribution in [0.2, 0.25) is 0 Å².